The van der Waals surface area contributed by atoms with E-state index in [1.165, 1.54) is 18.4 Å². The van der Waals surface area contributed by atoms with E-state index in [2.05, 4.69) is 22.3 Å². The average Bonchev–Trinajstić information content (AvgIpc) is 3.03. The van der Waals surface area contributed by atoms with Gasteiger partial charge in [-0.2, -0.15) is 10.4 Å². The molecule has 0 saturated carbocycles. The van der Waals surface area contributed by atoms with E-state index in [4.69, 9.17) is 10.00 Å². The van der Waals surface area contributed by atoms with Crippen molar-refractivity contribution in [2.45, 2.75) is 18.8 Å². The van der Waals surface area contributed by atoms with E-state index in [-0.39, 0.29) is 0 Å². The molecule has 3 rings (SSSR count). The Hall–Kier alpha value is -2.32. The first-order valence-electron chi connectivity index (χ1n) is 8.08. The summed E-state index contributed by atoms with van der Waals surface area (Å²) < 4.78 is 7.64. The lowest BCUT2D eigenvalue weighted by atomic mass is 9.92. The Labute approximate surface area is 137 Å². The summed E-state index contributed by atoms with van der Waals surface area (Å²) in [5.41, 5.74) is 2.02. The van der Waals surface area contributed by atoms with Gasteiger partial charge >= 0.3 is 0 Å². The Kier molecular flexibility index (Phi) is 4.94. The number of nitrogens with zero attached hydrogens (tertiary/aromatic N) is 4. The molecule has 0 radical (unpaired) electrons. The minimum absolute atomic E-state index is 0.638. The van der Waals surface area contributed by atoms with Gasteiger partial charge in [0, 0.05) is 19.8 Å². The highest BCUT2D eigenvalue weighted by Crippen LogP contribution is 2.27. The Bertz CT molecular complexity index is 663. The van der Waals surface area contributed by atoms with Crippen molar-refractivity contribution in [1.82, 2.24) is 14.7 Å². The smallest absolute Gasteiger partial charge is 0.119 e. The number of rotatable bonds is 5. The van der Waals surface area contributed by atoms with Crippen molar-refractivity contribution in [3.8, 4) is 11.8 Å². The predicted octanol–water partition coefficient (Wildman–Crippen LogP) is 2.55. The van der Waals surface area contributed by atoms with Crippen molar-refractivity contribution in [3.05, 3.63) is 47.8 Å². The molecule has 0 unspecified atom stereocenters. The third kappa shape index (κ3) is 4.11. The summed E-state index contributed by atoms with van der Waals surface area (Å²) in [6, 6.07) is 9.39. The van der Waals surface area contributed by atoms with E-state index in [0.29, 0.717) is 18.1 Å². The maximum Gasteiger partial charge on any atom is 0.119 e. The lowest BCUT2D eigenvalue weighted by Crippen LogP contribution is -2.35. The van der Waals surface area contributed by atoms with Gasteiger partial charge in [0.1, 0.15) is 12.4 Å². The van der Waals surface area contributed by atoms with Crippen LogP contribution in [0.3, 0.4) is 0 Å². The second-order valence-corrected chi connectivity index (χ2v) is 6.05. The molecule has 120 valence electrons. The van der Waals surface area contributed by atoms with Crippen LogP contribution in [0.15, 0.2) is 36.7 Å². The number of ether oxygens (including phenoxy) is 1. The SMILES string of the molecule is Cn1cc(C2CCN(CCOc3ccc(C#N)cc3)CC2)cn1. The second-order valence-electron chi connectivity index (χ2n) is 6.05. The van der Waals surface area contributed by atoms with E-state index in [9.17, 15) is 0 Å². The van der Waals surface area contributed by atoms with Crippen LogP contribution in [0.25, 0.3) is 0 Å². The highest BCUT2D eigenvalue weighted by Gasteiger charge is 2.21. The predicted molar refractivity (Wildman–Crippen MR) is 88.3 cm³/mol. The minimum atomic E-state index is 0.638. The molecular formula is C18H22N4O. The molecule has 1 aromatic carbocycles. The van der Waals surface area contributed by atoms with Crippen LogP contribution in [-0.4, -0.2) is 40.9 Å². The molecule has 0 aliphatic carbocycles. The van der Waals surface area contributed by atoms with Crippen LogP contribution in [0.2, 0.25) is 0 Å². The number of aromatic nitrogens is 2. The van der Waals surface area contributed by atoms with Crippen LogP contribution in [-0.2, 0) is 7.05 Å². The second kappa shape index (κ2) is 7.30. The van der Waals surface area contributed by atoms with Crippen molar-refractivity contribution in [2.75, 3.05) is 26.2 Å². The number of hydrogen-bond acceptors (Lipinski definition) is 4. The molecule has 0 N–H and O–H groups in total. The maximum absolute atomic E-state index is 8.78. The van der Waals surface area contributed by atoms with Gasteiger partial charge in [-0.15, -0.1) is 0 Å². The summed E-state index contributed by atoms with van der Waals surface area (Å²) in [6.45, 7) is 3.84. The molecule has 1 aliphatic rings. The molecule has 1 aromatic heterocycles. The third-order valence-corrected chi connectivity index (χ3v) is 4.44. The zero-order valence-electron chi connectivity index (χ0n) is 13.5. The van der Waals surface area contributed by atoms with Gasteiger partial charge in [-0.3, -0.25) is 9.58 Å². The van der Waals surface area contributed by atoms with Crippen molar-refractivity contribution in [1.29, 1.82) is 5.26 Å². The van der Waals surface area contributed by atoms with Crippen LogP contribution in [0.4, 0.5) is 0 Å². The Morgan fingerprint density at radius 1 is 1.26 bits per heavy atom. The molecule has 1 saturated heterocycles. The molecule has 0 atom stereocenters. The summed E-state index contributed by atoms with van der Waals surface area (Å²) in [6.07, 6.45) is 6.49. The van der Waals surface area contributed by atoms with Crippen molar-refractivity contribution < 1.29 is 4.74 Å². The van der Waals surface area contributed by atoms with Crippen LogP contribution in [0, 0.1) is 11.3 Å². The van der Waals surface area contributed by atoms with Crippen LogP contribution >= 0.6 is 0 Å². The molecule has 23 heavy (non-hydrogen) atoms. The average molecular weight is 310 g/mol. The van der Waals surface area contributed by atoms with E-state index >= 15 is 0 Å². The number of nitriles is 1. The first-order chi connectivity index (χ1) is 11.2. The molecule has 2 heterocycles. The highest BCUT2D eigenvalue weighted by atomic mass is 16.5. The molecule has 5 nitrogen and oxygen atoms in total. The molecule has 1 aliphatic heterocycles. The van der Waals surface area contributed by atoms with Crippen molar-refractivity contribution in [2.24, 2.45) is 7.05 Å². The number of likely N-dealkylation sites (tertiary alicyclic amines) is 1. The molecule has 2 aromatic rings. The van der Waals surface area contributed by atoms with Gasteiger partial charge in [0.25, 0.3) is 0 Å². The van der Waals surface area contributed by atoms with Crippen LogP contribution in [0.1, 0.15) is 29.9 Å². The number of aryl methyl sites for hydroxylation is 1. The third-order valence-electron chi connectivity index (χ3n) is 4.44. The largest absolute Gasteiger partial charge is 0.492 e. The van der Waals surface area contributed by atoms with Gasteiger partial charge in [-0.25, -0.2) is 0 Å². The Balaban J connectivity index is 1.40. The first kappa shape index (κ1) is 15.6. The van der Waals surface area contributed by atoms with Gasteiger partial charge < -0.3 is 4.74 Å². The van der Waals surface area contributed by atoms with Gasteiger partial charge in [0.05, 0.1) is 17.8 Å². The topological polar surface area (TPSA) is 54.1 Å². The van der Waals surface area contributed by atoms with E-state index in [0.717, 1.165) is 25.4 Å². The van der Waals surface area contributed by atoms with Gasteiger partial charge in [0.15, 0.2) is 0 Å². The number of benzene rings is 1. The van der Waals surface area contributed by atoms with Gasteiger partial charge in [0.2, 0.25) is 0 Å². The first-order valence-corrected chi connectivity index (χ1v) is 8.08. The molecule has 1 fully saturated rings. The summed E-state index contributed by atoms with van der Waals surface area (Å²) in [5, 5.41) is 13.0. The summed E-state index contributed by atoms with van der Waals surface area (Å²) >= 11 is 0. The van der Waals surface area contributed by atoms with Gasteiger partial charge in [-0.05, 0) is 61.7 Å². The highest BCUT2D eigenvalue weighted by molar-refractivity contribution is 5.34. The lowest BCUT2D eigenvalue weighted by Gasteiger charge is -2.31. The van der Waals surface area contributed by atoms with E-state index in [1.807, 2.05) is 30.1 Å². The maximum atomic E-state index is 8.78. The van der Waals surface area contributed by atoms with Gasteiger partial charge in [-0.1, -0.05) is 0 Å². The summed E-state index contributed by atoms with van der Waals surface area (Å²) in [7, 11) is 1.97. The Morgan fingerprint density at radius 3 is 2.61 bits per heavy atom. The van der Waals surface area contributed by atoms with Crippen LogP contribution < -0.4 is 4.74 Å². The zero-order chi connectivity index (χ0) is 16.1. The van der Waals surface area contributed by atoms with Crippen LogP contribution in [0.5, 0.6) is 5.75 Å². The monoisotopic (exact) mass is 310 g/mol. The summed E-state index contributed by atoms with van der Waals surface area (Å²) in [5.74, 6) is 1.47. The minimum Gasteiger partial charge on any atom is -0.492 e. The normalized spacial score (nSPS) is 16.2. The fraction of sp³-hybridized carbons (Fsp3) is 0.444. The zero-order valence-corrected chi connectivity index (χ0v) is 13.5. The van der Waals surface area contributed by atoms with Crippen molar-refractivity contribution >= 4 is 0 Å². The number of hydrogen-bond donors (Lipinski definition) is 0. The molecular weight excluding hydrogens is 288 g/mol. The number of piperidine rings is 1. The standard InChI is InChI=1S/C18H22N4O/c1-21-14-17(13-20-21)16-6-8-22(9-7-16)10-11-23-18-4-2-15(12-19)3-5-18/h2-5,13-14,16H,6-11H2,1H3. The fourth-order valence-corrected chi connectivity index (χ4v) is 3.06. The molecule has 0 spiro atoms. The van der Waals surface area contributed by atoms with E-state index < -0.39 is 0 Å². The van der Waals surface area contributed by atoms with Crippen molar-refractivity contribution in [3.63, 3.8) is 0 Å². The summed E-state index contributed by atoms with van der Waals surface area (Å²) in [4.78, 5) is 2.45. The fourth-order valence-electron chi connectivity index (χ4n) is 3.06. The molecule has 0 amide bonds. The molecule has 0 bridgehead atoms. The Morgan fingerprint density at radius 2 is 2.00 bits per heavy atom. The molecule has 5 heteroatoms. The lowest BCUT2D eigenvalue weighted by molar-refractivity contribution is 0.173. The van der Waals surface area contributed by atoms with E-state index in [1.54, 1.807) is 12.1 Å². The quantitative estimate of drug-likeness (QED) is 0.851.